The predicted molar refractivity (Wildman–Crippen MR) is 194 cm³/mol. The first kappa shape index (κ1) is 34.2. The summed E-state index contributed by atoms with van der Waals surface area (Å²) in [5.74, 6) is 0.334. The number of aryl methyl sites for hydroxylation is 1. The number of benzene rings is 3. The molecule has 50 heavy (non-hydrogen) atoms. The summed E-state index contributed by atoms with van der Waals surface area (Å²) < 4.78 is 21.6. The largest absolute Gasteiger partial charge is 0.496 e. The zero-order valence-corrected chi connectivity index (χ0v) is 29.3. The minimum atomic E-state index is -0.401. The normalized spacial score (nSPS) is 19.9. The van der Waals surface area contributed by atoms with Crippen molar-refractivity contribution in [3.05, 3.63) is 93.1 Å². The van der Waals surface area contributed by atoms with Gasteiger partial charge in [-0.25, -0.2) is 4.39 Å². The summed E-state index contributed by atoms with van der Waals surface area (Å²) in [6, 6.07) is 16.7. The SMILES string of the molecule is COc1cc(-c2cn(C)c(=O)c3ccc(F)cc23)cc(Cl)c1CN1CCC(N2CCC(c3ccc(NC4CCC(=O)NC4=O)cc3)CC2)CC1. The number of rotatable bonds is 8. The molecule has 2 amide bonds. The molecule has 3 aromatic carbocycles. The Morgan fingerprint density at radius 1 is 0.920 bits per heavy atom. The molecule has 3 aliphatic rings. The highest BCUT2D eigenvalue weighted by Crippen LogP contribution is 2.38. The molecule has 4 heterocycles. The van der Waals surface area contributed by atoms with Crippen molar-refractivity contribution < 1.29 is 18.7 Å². The number of ether oxygens (including phenoxy) is 1. The van der Waals surface area contributed by atoms with Crippen molar-refractivity contribution in [3.63, 3.8) is 0 Å². The third kappa shape index (κ3) is 7.15. The van der Waals surface area contributed by atoms with Crippen molar-refractivity contribution in [2.45, 2.75) is 63.1 Å². The number of anilines is 1. The van der Waals surface area contributed by atoms with E-state index in [2.05, 4.69) is 32.6 Å². The summed E-state index contributed by atoms with van der Waals surface area (Å²) in [6.07, 6.45) is 7.04. The molecular weight excluding hydrogens is 657 g/mol. The van der Waals surface area contributed by atoms with Gasteiger partial charge in [0.2, 0.25) is 11.8 Å². The molecule has 3 fully saturated rings. The first-order valence-electron chi connectivity index (χ1n) is 17.5. The van der Waals surface area contributed by atoms with Crippen LogP contribution in [-0.2, 0) is 23.2 Å². The van der Waals surface area contributed by atoms with Gasteiger partial charge in [0.15, 0.2) is 0 Å². The highest BCUT2D eigenvalue weighted by Gasteiger charge is 2.30. The van der Waals surface area contributed by atoms with Gasteiger partial charge in [0, 0.05) is 59.5 Å². The lowest BCUT2D eigenvalue weighted by Gasteiger charge is -2.42. The highest BCUT2D eigenvalue weighted by molar-refractivity contribution is 6.32. The molecule has 1 atom stereocenters. The van der Waals surface area contributed by atoms with Gasteiger partial charge in [-0.05, 0) is 123 Å². The van der Waals surface area contributed by atoms with Crippen LogP contribution < -0.4 is 20.9 Å². The van der Waals surface area contributed by atoms with Gasteiger partial charge in [-0.15, -0.1) is 0 Å². The molecule has 0 radical (unpaired) electrons. The number of likely N-dealkylation sites (tertiary alicyclic amines) is 2. The third-order valence-electron chi connectivity index (χ3n) is 10.8. The number of pyridine rings is 1. The Labute approximate surface area is 296 Å². The van der Waals surface area contributed by atoms with Crippen LogP contribution in [0.15, 0.2) is 65.6 Å². The fourth-order valence-electron chi connectivity index (χ4n) is 7.92. The molecule has 1 aromatic heterocycles. The fraction of sp³-hybridized carbons (Fsp3) is 0.410. The molecule has 262 valence electrons. The Morgan fingerprint density at radius 3 is 2.36 bits per heavy atom. The zero-order valence-electron chi connectivity index (χ0n) is 28.5. The number of carbonyl (C=O) groups is 2. The summed E-state index contributed by atoms with van der Waals surface area (Å²) in [7, 11) is 3.33. The number of imide groups is 1. The number of halogens is 2. The molecular formula is C39H43ClFN5O4. The van der Waals surface area contributed by atoms with E-state index in [-0.39, 0.29) is 23.4 Å². The third-order valence-corrected chi connectivity index (χ3v) is 11.1. The number of methoxy groups -OCH3 is 1. The highest BCUT2D eigenvalue weighted by atomic mass is 35.5. The van der Waals surface area contributed by atoms with Gasteiger partial charge in [-0.1, -0.05) is 23.7 Å². The number of hydrogen-bond acceptors (Lipinski definition) is 7. The van der Waals surface area contributed by atoms with Gasteiger partial charge >= 0.3 is 0 Å². The average Bonchev–Trinajstić information content (AvgIpc) is 3.12. The Balaban J connectivity index is 0.938. The number of hydrogen-bond donors (Lipinski definition) is 2. The first-order valence-corrected chi connectivity index (χ1v) is 17.9. The monoisotopic (exact) mass is 699 g/mol. The van der Waals surface area contributed by atoms with Crippen LogP contribution in [0.1, 0.15) is 55.6 Å². The maximum atomic E-state index is 14.3. The van der Waals surface area contributed by atoms with E-state index in [9.17, 15) is 18.8 Å². The predicted octanol–water partition coefficient (Wildman–Crippen LogP) is 6.07. The topological polar surface area (TPSA) is 95.9 Å². The van der Waals surface area contributed by atoms with Crippen molar-refractivity contribution in [2.24, 2.45) is 7.05 Å². The van der Waals surface area contributed by atoms with Gasteiger partial charge in [-0.3, -0.25) is 24.6 Å². The van der Waals surface area contributed by atoms with Gasteiger partial charge in [0.25, 0.3) is 5.56 Å². The Kier molecular flexibility index (Phi) is 9.95. The zero-order chi connectivity index (χ0) is 34.9. The summed E-state index contributed by atoms with van der Waals surface area (Å²) in [5.41, 5.74) is 4.47. The molecule has 3 aliphatic heterocycles. The number of nitrogens with one attached hydrogen (secondary N) is 2. The van der Waals surface area contributed by atoms with Crippen LogP contribution >= 0.6 is 11.6 Å². The number of aromatic nitrogens is 1. The molecule has 7 rings (SSSR count). The van der Waals surface area contributed by atoms with E-state index in [4.69, 9.17) is 16.3 Å². The summed E-state index contributed by atoms with van der Waals surface area (Å²) in [4.78, 5) is 41.4. The second kappa shape index (κ2) is 14.5. The van der Waals surface area contributed by atoms with Crippen molar-refractivity contribution in [1.82, 2.24) is 19.7 Å². The second-order valence-corrected chi connectivity index (χ2v) is 14.3. The maximum Gasteiger partial charge on any atom is 0.258 e. The molecule has 1 unspecified atom stereocenters. The molecule has 0 bridgehead atoms. The molecule has 9 nitrogen and oxygen atoms in total. The minimum Gasteiger partial charge on any atom is -0.496 e. The van der Waals surface area contributed by atoms with Crippen LogP contribution in [0.2, 0.25) is 5.02 Å². The molecule has 0 aliphatic carbocycles. The van der Waals surface area contributed by atoms with Crippen molar-refractivity contribution in [3.8, 4) is 16.9 Å². The standard InChI is InChI=1S/C39H43ClFN5O4/c1-44-22-32(31-21-27(41)5-8-30(31)39(44)49)26-19-34(40)33(36(20-26)50-2)23-45-15-13-29(14-16-45)46-17-11-25(12-18-46)24-3-6-28(7-4-24)42-35-9-10-37(47)43-38(35)48/h3-8,19-22,25,29,35,42H,9-18,23H2,1-2H3,(H,43,47,48). The maximum absolute atomic E-state index is 14.3. The molecule has 3 saturated heterocycles. The first-order chi connectivity index (χ1) is 24.2. The van der Waals surface area contributed by atoms with Crippen LogP contribution in [0.5, 0.6) is 5.75 Å². The van der Waals surface area contributed by atoms with Gasteiger partial charge < -0.3 is 19.5 Å². The van der Waals surface area contributed by atoms with Crippen LogP contribution in [0.3, 0.4) is 0 Å². The van der Waals surface area contributed by atoms with E-state index in [1.807, 2.05) is 24.3 Å². The molecule has 0 spiro atoms. The quantitative estimate of drug-likeness (QED) is 0.216. The van der Waals surface area contributed by atoms with E-state index in [1.54, 1.807) is 20.4 Å². The van der Waals surface area contributed by atoms with Gasteiger partial charge in [0.1, 0.15) is 17.6 Å². The number of fused-ring (bicyclic) bond motifs is 1. The van der Waals surface area contributed by atoms with Crippen LogP contribution in [-0.4, -0.2) is 71.6 Å². The van der Waals surface area contributed by atoms with Crippen molar-refractivity contribution in [2.75, 3.05) is 38.6 Å². The number of amides is 2. The van der Waals surface area contributed by atoms with E-state index in [0.717, 1.165) is 74.2 Å². The van der Waals surface area contributed by atoms with Crippen LogP contribution in [0.4, 0.5) is 10.1 Å². The number of nitrogens with zero attached hydrogens (tertiary/aromatic N) is 3. The lowest BCUT2D eigenvalue weighted by Crippen LogP contribution is -2.47. The molecule has 2 N–H and O–H groups in total. The summed E-state index contributed by atoms with van der Waals surface area (Å²) >= 11 is 6.93. The lowest BCUT2D eigenvalue weighted by molar-refractivity contribution is -0.133. The summed E-state index contributed by atoms with van der Waals surface area (Å²) in [5, 5.41) is 7.25. The van der Waals surface area contributed by atoms with Crippen LogP contribution in [0, 0.1) is 5.82 Å². The molecule has 0 saturated carbocycles. The van der Waals surface area contributed by atoms with Crippen molar-refractivity contribution >= 4 is 39.9 Å². The lowest BCUT2D eigenvalue weighted by atomic mass is 9.88. The van der Waals surface area contributed by atoms with E-state index >= 15 is 0 Å². The minimum absolute atomic E-state index is 0.181. The average molecular weight is 700 g/mol. The molecule has 4 aromatic rings. The van der Waals surface area contributed by atoms with Crippen LogP contribution in [0.25, 0.3) is 21.9 Å². The summed E-state index contributed by atoms with van der Waals surface area (Å²) in [6.45, 7) is 4.78. The number of carbonyl (C=O) groups excluding carboxylic acids is 2. The number of piperidine rings is 3. The second-order valence-electron chi connectivity index (χ2n) is 13.9. The Morgan fingerprint density at radius 2 is 1.66 bits per heavy atom. The smallest absolute Gasteiger partial charge is 0.258 e. The van der Waals surface area contributed by atoms with Gasteiger partial charge in [0.05, 0.1) is 7.11 Å². The van der Waals surface area contributed by atoms with Gasteiger partial charge in [-0.2, -0.15) is 0 Å². The Bertz CT molecular complexity index is 1970. The van der Waals surface area contributed by atoms with Crippen molar-refractivity contribution in [1.29, 1.82) is 0 Å². The molecule has 11 heteroatoms. The fourth-order valence-corrected chi connectivity index (χ4v) is 8.19. The van der Waals surface area contributed by atoms with E-state index in [0.29, 0.717) is 52.9 Å². The Hall–Kier alpha value is -4.25. The van der Waals surface area contributed by atoms with E-state index < -0.39 is 5.82 Å². The van der Waals surface area contributed by atoms with E-state index in [1.165, 1.54) is 28.3 Å².